The van der Waals surface area contributed by atoms with Crippen LogP contribution in [0.3, 0.4) is 0 Å². The summed E-state index contributed by atoms with van der Waals surface area (Å²) in [6.45, 7) is -0.624. The van der Waals surface area contributed by atoms with E-state index in [1.165, 1.54) is 19.2 Å². The van der Waals surface area contributed by atoms with Gasteiger partial charge in [0.25, 0.3) is 0 Å². The van der Waals surface area contributed by atoms with Crippen LogP contribution in [0.15, 0.2) is 12.1 Å². The van der Waals surface area contributed by atoms with Crippen molar-refractivity contribution in [3.63, 3.8) is 0 Å². The minimum atomic E-state index is -3.70. The van der Waals surface area contributed by atoms with Gasteiger partial charge in [-0.3, -0.25) is 9.36 Å². The molecular weight excluding hydrogens is 377 g/mol. The summed E-state index contributed by atoms with van der Waals surface area (Å²) < 4.78 is 22.3. The summed E-state index contributed by atoms with van der Waals surface area (Å²) >= 11 is 6.03. The van der Waals surface area contributed by atoms with Crippen molar-refractivity contribution in [3.05, 3.63) is 22.7 Å². The van der Waals surface area contributed by atoms with Gasteiger partial charge >= 0.3 is 11.9 Å². The number of hydrogen-bond donors (Lipinski definition) is 4. The Morgan fingerprint density at radius 3 is 2.52 bits per heavy atom. The molecule has 0 saturated carbocycles. The van der Waals surface area contributed by atoms with E-state index in [1.807, 2.05) is 0 Å². The van der Waals surface area contributed by atoms with Crippen LogP contribution in [-0.2, 0) is 20.3 Å². The fraction of sp³-hybridized carbons (Fsp3) is 0.429. The monoisotopic (exact) mass is 395 g/mol. The van der Waals surface area contributed by atoms with E-state index in [9.17, 15) is 19.0 Å². The minimum Gasteiger partial charge on any atom is -0.493 e. The highest BCUT2D eigenvalue weighted by Gasteiger charge is 2.24. The number of benzene rings is 1. The third kappa shape index (κ3) is 6.91. The minimum absolute atomic E-state index is 0.0102. The number of carboxylic acids is 2. The zero-order valence-corrected chi connectivity index (χ0v) is 15.0. The lowest BCUT2D eigenvalue weighted by molar-refractivity contribution is -0.139. The van der Waals surface area contributed by atoms with Crippen LogP contribution in [0.1, 0.15) is 12.0 Å². The summed E-state index contributed by atoms with van der Waals surface area (Å²) in [5.41, 5.74) is 5.69. The summed E-state index contributed by atoms with van der Waals surface area (Å²) in [4.78, 5) is 31.3. The Morgan fingerprint density at radius 2 is 2.00 bits per heavy atom. The predicted octanol–water partition coefficient (Wildman–Crippen LogP) is 1.38. The quantitative estimate of drug-likeness (QED) is 0.429. The van der Waals surface area contributed by atoms with Gasteiger partial charge in [0.15, 0.2) is 18.1 Å². The molecule has 1 aromatic carbocycles. The molecule has 0 radical (unpaired) electrons. The molecule has 0 bridgehead atoms. The molecule has 0 aliphatic carbocycles. The van der Waals surface area contributed by atoms with Crippen LogP contribution in [0, 0.1) is 0 Å². The molecule has 0 aliphatic heterocycles. The smallest absolute Gasteiger partial charge is 0.341 e. The molecule has 9 nitrogen and oxygen atoms in total. The van der Waals surface area contributed by atoms with Crippen molar-refractivity contribution in [1.82, 2.24) is 0 Å². The zero-order chi connectivity index (χ0) is 19.2. The fourth-order valence-electron chi connectivity index (χ4n) is 1.97. The van der Waals surface area contributed by atoms with Gasteiger partial charge in [-0.2, -0.15) is 0 Å². The second-order valence-electron chi connectivity index (χ2n) is 5.25. The third-order valence-corrected chi connectivity index (χ3v) is 5.26. The van der Waals surface area contributed by atoms with Crippen LogP contribution < -0.4 is 15.2 Å². The Kier molecular flexibility index (Phi) is 7.69. The number of carbonyl (C=O) groups is 2. The molecule has 5 N–H and O–H groups in total. The molecule has 1 rings (SSSR count). The highest BCUT2D eigenvalue weighted by Crippen LogP contribution is 2.47. The van der Waals surface area contributed by atoms with Crippen molar-refractivity contribution in [3.8, 4) is 11.5 Å². The number of hydrogen-bond acceptors (Lipinski definition) is 6. The van der Waals surface area contributed by atoms with Gasteiger partial charge in [0.1, 0.15) is 6.04 Å². The van der Waals surface area contributed by atoms with Gasteiger partial charge < -0.3 is 30.3 Å². The molecule has 140 valence electrons. The fourth-order valence-corrected chi connectivity index (χ4v) is 3.85. The SMILES string of the molecule is COc1cc(CP(=O)(O)CC[C@@H](N)C(=O)O)cc(Cl)c1OCC(=O)O. The maximum absolute atomic E-state index is 12.2. The third-order valence-electron chi connectivity index (χ3n) is 3.17. The van der Waals surface area contributed by atoms with E-state index in [4.69, 9.17) is 37.0 Å². The van der Waals surface area contributed by atoms with Crippen LogP contribution in [0.2, 0.25) is 5.02 Å². The Bertz CT molecular complexity index is 696. The van der Waals surface area contributed by atoms with Crippen LogP contribution in [0.4, 0.5) is 0 Å². The maximum Gasteiger partial charge on any atom is 0.341 e. The van der Waals surface area contributed by atoms with Crippen LogP contribution >= 0.6 is 19.0 Å². The van der Waals surface area contributed by atoms with E-state index >= 15 is 0 Å². The number of carboxylic acid groups (broad SMARTS) is 2. The summed E-state index contributed by atoms with van der Waals surface area (Å²) in [6.07, 6.45) is -0.680. The van der Waals surface area contributed by atoms with Gasteiger partial charge in [0, 0.05) is 12.3 Å². The number of ether oxygens (including phenoxy) is 2. The largest absolute Gasteiger partial charge is 0.493 e. The van der Waals surface area contributed by atoms with E-state index in [0.717, 1.165) is 0 Å². The number of rotatable bonds is 10. The first-order valence-corrected chi connectivity index (χ1v) is 9.46. The predicted molar refractivity (Wildman–Crippen MR) is 89.8 cm³/mol. The number of methoxy groups -OCH3 is 1. The van der Waals surface area contributed by atoms with Crippen molar-refractivity contribution >= 4 is 30.9 Å². The van der Waals surface area contributed by atoms with Crippen LogP contribution in [0.25, 0.3) is 0 Å². The van der Waals surface area contributed by atoms with Crippen molar-refractivity contribution < 1.29 is 38.7 Å². The molecule has 11 heteroatoms. The van der Waals surface area contributed by atoms with Crippen molar-refractivity contribution in [1.29, 1.82) is 0 Å². The summed E-state index contributed by atoms with van der Waals surface area (Å²) in [5.74, 6) is -2.32. The number of nitrogens with two attached hydrogens (primary N) is 1. The van der Waals surface area contributed by atoms with Crippen LogP contribution in [-0.4, -0.2) is 53.0 Å². The lowest BCUT2D eigenvalue weighted by atomic mass is 10.2. The molecule has 0 heterocycles. The second kappa shape index (κ2) is 9.05. The molecule has 1 aromatic rings. The standard InChI is InChI=1S/C14H19ClNO8P/c1-23-11-5-8(4-9(15)13(11)24-6-12(17)18)7-25(21,22)3-2-10(16)14(19)20/h4-5,10H,2-3,6-7,16H2,1H3,(H,17,18)(H,19,20)(H,21,22)/t10-/m1/s1. The van der Waals surface area contributed by atoms with E-state index < -0.39 is 32.0 Å². The lowest BCUT2D eigenvalue weighted by Gasteiger charge is -2.16. The van der Waals surface area contributed by atoms with Gasteiger partial charge in [0.05, 0.1) is 12.1 Å². The molecule has 1 unspecified atom stereocenters. The normalized spacial score (nSPS) is 14.4. The number of halogens is 1. The Labute approximate surface area is 148 Å². The summed E-state index contributed by atoms with van der Waals surface area (Å²) in [5, 5.41) is 17.4. The highest BCUT2D eigenvalue weighted by atomic mass is 35.5. The van der Waals surface area contributed by atoms with Gasteiger partial charge in [0.2, 0.25) is 7.37 Å². The molecule has 2 atom stereocenters. The average Bonchev–Trinajstić information content (AvgIpc) is 2.50. The van der Waals surface area contributed by atoms with Gasteiger partial charge in [-0.05, 0) is 24.1 Å². The van der Waals surface area contributed by atoms with E-state index in [2.05, 4.69) is 0 Å². The molecular formula is C14H19ClNO8P. The highest BCUT2D eigenvalue weighted by molar-refractivity contribution is 7.57. The summed E-state index contributed by atoms with van der Waals surface area (Å²) in [6, 6.07) is 1.55. The van der Waals surface area contributed by atoms with Crippen molar-refractivity contribution in [2.75, 3.05) is 19.9 Å². The molecule has 0 aliphatic rings. The molecule has 0 amide bonds. The molecule has 25 heavy (non-hydrogen) atoms. The lowest BCUT2D eigenvalue weighted by Crippen LogP contribution is -2.30. The van der Waals surface area contributed by atoms with E-state index in [-0.39, 0.29) is 35.3 Å². The van der Waals surface area contributed by atoms with E-state index in [1.54, 1.807) is 0 Å². The Morgan fingerprint density at radius 1 is 1.36 bits per heavy atom. The van der Waals surface area contributed by atoms with Gasteiger partial charge in [-0.25, -0.2) is 4.79 Å². The molecule has 0 spiro atoms. The number of aliphatic carboxylic acids is 2. The topological polar surface area (TPSA) is 156 Å². The van der Waals surface area contributed by atoms with Crippen molar-refractivity contribution in [2.24, 2.45) is 5.73 Å². The first-order chi connectivity index (χ1) is 11.6. The zero-order valence-electron chi connectivity index (χ0n) is 13.3. The summed E-state index contributed by atoms with van der Waals surface area (Å²) in [7, 11) is -2.38. The Hall–Kier alpha value is -1.80. The maximum atomic E-state index is 12.2. The first kappa shape index (κ1) is 21.2. The van der Waals surface area contributed by atoms with Crippen LogP contribution in [0.5, 0.6) is 11.5 Å². The van der Waals surface area contributed by atoms with Gasteiger partial charge in [-0.15, -0.1) is 0 Å². The molecule has 0 saturated heterocycles. The second-order valence-corrected chi connectivity index (χ2v) is 8.12. The van der Waals surface area contributed by atoms with Crippen molar-refractivity contribution in [2.45, 2.75) is 18.6 Å². The molecule has 0 fully saturated rings. The average molecular weight is 396 g/mol. The van der Waals surface area contributed by atoms with E-state index in [0.29, 0.717) is 5.56 Å². The first-order valence-electron chi connectivity index (χ1n) is 7.06. The van der Waals surface area contributed by atoms with Gasteiger partial charge in [-0.1, -0.05) is 11.6 Å². The Balaban J connectivity index is 2.91. The molecule has 0 aromatic heterocycles.